The van der Waals surface area contributed by atoms with Crippen molar-refractivity contribution < 1.29 is 45.4 Å². The first-order valence-corrected chi connectivity index (χ1v) is 9.63. The number of alkyl halides is 6. The number of fused-ring (bicyclic) bond motifs is 3. The maximum absolute atomic E-state index is 13.1. The second-order valence-corrected chi connectivity index (χ2v) is 7.58. The zero-order chi connectivity index (χ0) is 24.9. The number of halogens is 6. The molecule has 0 aromatic heterocycles. The molecule has 1 atom stereocenters. The average molecular weight is 487 g/mol. The summed E-state index contributed by atoms with van der Waals surface area (Å²) in [6.45, 7) is -0.793. The Kier molecular flexibility index (Phi) is 5.45. The van der Waals surface area contributed by atoms with Crippen LogP contribution in [-0.2, 0) is 21.9 Å². The van der Waals surface area contributed by atoms with E-state index in [1.807, 2.05) is 0 Å². The Morgan fingerprint density at radius 1 is 1.03 bits per heavy atom. The highest BCUT2D eigenvalue weighted by Crippen LogP contribution is 2.43. The molecule has 1 N–H and O–H groups in total. The van der Waals surface area contributed by atoms with Gasteiger partial charge in [-0.3, -0.25) is 4.79 Å². The third-order valence-electron chi connectivity index (χ3n) is 5.41. The molecule has 0 fully saturated rings. The van der Waals surface area contributed by atoms with Crippen LogP contribution in [0.5, 0.6) is 5.75 Å². The number of carbonyl (C=O) groups is 2. The number of urea groups is 1. The molecule has 2 aliphatic heterocycles. The van der Waals surface area contributed by atoms with Gasteiger partial charge in [-0.05, 0) is 42.5 Å². The molecular formula is C21H15F6N3O4. The molecule has 34 heavy (non-hydrogen) atoms. The van der Waals surface area contributed by atoms with Crippen molar-refractivity contribution in [2.75, 3.05) is 25.6 Å². The Bertz CT molecular complexity index is 1180. The summed E-state index contributed by atoms with van der Waals surface area (Å²) in [5.74, 6) is -0.986. The number of nitrogens with one attached hydrogen (secondary N) is 1. The number of carbonyl (C=O) groups excluding carboxylic acids is 2. The van der Waals surface area contributed by atoms with Crippen LogP contribution in [0.4, 0.5) is 36.8 Å². The number of amides is 2. The van der Waals surface area contributed by atoms with Crippen molar-refractivity contribution in [2.45, 2.75) is 12.4 Å². The molecule has 7 nitrogen and oxygen atoms in total. The van der Waals surface area contributed by atoms with Gasteiger partial charge in [-0.1, -0.05) is 0 Å². The first-order chi connectivity index (χ1) is 15.8. The predicted molar refractivity (Wildman–Crippen MR) is 105 cm³/mol. The van der Waals surface area contributed by atoms with Gasteiger partial charge in [0, 0.05) is 11.3 Å². The van der Waals surface area contributed by atoms with Crippen LogP contribution < -0.4 is 10.1 Å². The molecular weight excluding hydrogens is 472 g/mol. The summed E-state index contributed by atoms with van der Waals surface area (Å²) >= 11 is 0. The third kappa shape index (κ3) is 4.01. The summed E-state index contributed by atoms with van der Waals surface area (Å²) in [5, 5.41) is 7.35. The number of nitrogens with zero attached hydrogens (tertiary/aromatic N) is 2. The fraction of sp³-hybridized carbons (Fsp3) is 0.286. The van der Waals surface area contributed by atoms with Crippen molar-refractivity contribution in [1.29, 1.82) is 0 Å². The lowest BCUT2D eigenvalue weighted by Crippen LogP contribution is -2.50. The molecule has 0 saturated heterocycles. The lowest BCUT2D eigenvalue weighted by atomic mass is 9.78. The highest BCUT2D eigenvalue weighted by Gasteiger charge is 2.56. The van der Waals surface area contributed by atoms with E-state index in [0.29, 0.717) is 0 Å². The van der Waals surface area contributed by atoms with E-state index in [1.165, 1.54) is 0 Å². The van der Waals surface area contributed by atoms with E-state index >= 15 is 0 Å². The Morgan fingerprint density at radius 3 is 2.24 bits per heavy atom. The molecule has 2 aliphatic rings. The lowest BCUT2D eigenvalue weighted by Gasteiger charge is -2.32. The number of esters is 1. The van der Waals surface area contributed by atoms with Gasteiger partial charge < -0.3 is 14.8 Å². The van der Waals surface area contributed by atoms with Gasteiger partial charge in [-0.15, -0.1) is 0 Å². The standard InChI is InChI=1S/C21H15F6N3O4/c1-33-17(31)19-9-30(18(32)28-13-5-2-11(3-6-13)20(22,23)24)29-16(19)14-7-4-12(21(25,26)27)8-15(14)34-10-19/h2-8H,9-10H2,1H3,(H,28,32). The molecule has 0 bridgehead atoms. The minimum atomic E-state index is -4.62. The topological polar surface area (TPSA) is 80.2 Å². The predicted octanol–water partition coefficient (Wildman–Crippen LogP) is 4.53. The van der Waals surface area contributed by atoms with E-state index in [1.54, 1.807) is 0 Å². The van der Waals surface area contributed by atoms with Crippen LogP contribution in [0.2, 0.25) is 0 Å². The van der Waals surface area contributed by atoms with E-state index in [-0.39, 0.29) is 29.3 Å². The van der Waals surface area contributed by atoms with Crippen molar-refractivity contribution >= 4 is 23.4 Å². The summed E-state index contributed by atoms with van der Waals surface area (Å²) in [4.78, 5) is 25.4. The maximum atomic E-state index is 13.1. The average Bonchev–Trinajstić information content (AvgIpc) is 3.19. The van der Waals surface area contributed by atoms with Crippen LogP contribution in [0.25, 0.3) is 0 Å². The SMILES string of the molecule is COC(=O)C12COc3cc(C(F)(F)F)ccc3C1=NN(C(=O)Nc1ccc(C(F)(F)F)cc1)C2. The van der Waals surface area contributed by atoms with E-state index in [9.17, 15) is 35.9 Å². The fourth-order valence-electron chi connectivity index (χ4n) is 3.69. The first-order valence-electron chi connectivity index (χ1n) is 9.63. The Balaban J connectivity index is 1.64. The van der Waals surface area contributed by atoms with Crippen LogP contribution in [0.15, 0.2) is 47.6 Å². The highest BCUT2D eigenvalue weighted by molar-refractivity contribution is 6.19. The van der Waals surface area contributed by atoms with Gasteiger partial charge in [0.1, 0.15) is 12.4 Å². The third-order valence-corrected chi connectivity index (χ3v) is 5.41. The van der Waals surface area contributed by atoms with Crippen molar-refractivity contribution in [3.05, 3.63) is 59.2 Å². The number of hydrogen-bond donors (Lipinski definition) is 1. The van der Waals surface area contributed by atoms with E-state index in [0.717, 1.165) is 54.6 Å². The van der Waals surface area contributed by atoms with E-state index in [4.69, 9.17) is 9.47 Å². The summed E-state index contributed by atoms with van der Waals surface area (Å²) < 4.78 is 87.7. The number of rotatable bonds is 2. The normalized spacial score (nSPS) is 19.5. The van der Waals surface area contributed by atoms with Gasteiger partial charge in [0.05, 0.1) is 30.5 Å². The molecule has 13 heteroatoms. The molecule has 2 amide bonds. The minimum absolute atomic E-state index is 0.0168. The summed E-state index contributed by atoms with van der Waals surface area (Å²) in [7, 11) is 1.10. The smallest absolute Gasteiger partial charge is 0.416 e. The minimum Gasteiger partial charge on any atom is -0.491 e. The van der Waals surface area contributed by atoms with Crippen LogP contribution >= 0.6 is 0 Å². The first kappa shape index (κ1) is 23.4. The number of hydrazone groups is 1. The second kappa shape index (κ2) is 7.92. The molecule has 0 spiro atoms. The number of ether oxygens (including phenoxy) is 2. The molecule has 1 unspecified atom stereocenters. The number of methoxy groups -OCH3 is 1. The monoisotopic (exact) mass is 487 g/mol. The molecule has 180 valence electrons. The van der Waals surface area contributed by atoms with Crippen molar-refractivity contribution in [3.8, 4) is 5.75 Å². The van der Waals surface area contributed by atoms with Crippen LogP contribution in [0, 0.1) is 5.41 Å². The molecule has 0 saturated carbocycles. The Labute approximate surface area is 187 Å². The van der Waals surface area contributed by atoms with Gasteiger partial charge in [0.25, 0.3) is 0 Å². The van der Waals surface area contributed by atoms with Crippen molar-refractivity contribution in [2.24, 2.45) is 10.5 Å². The Hall–Kier alpha value is -3.77. The quantitative estimate of drug-likeness (QED) is 0.499. The number of benzene rings is 2. The van der Waals surface area contributed by atoms with E-state index in [2.05, 4.69) is 10.4 Å². The summed E-state index contributed by atoms with van der Waals surface area (Å²) in [6.07, 6.45) is -9.17. The molecule has 0 aliphatic carbocycles. The van der Waals surface area contributed by atoms with Crippen LogP contribution in [-0.4, -0.2) is 43.0 Å². The van der Waals surface area contributed by atoms with Gasteiger partial charge in [-0.25, -0.2) is 9.80 Å². The molecule has 0 radical (unpaired) electrons. The van der Waals surface area contributed by atoms with Gasteiger partial charge in [0.2, 0.25) is 0 Å². The lowest BCUT2D eigenvalue weighted by molar-refractivity contribution is -0.150. The fourth-order valence-corrected chi connectivity index (χ4v) is 3.69. The van der Waals surface area contributed by atoms with E-state index < -0.39 is 47.5 Å². The van der Waals surface area contributed by atoms with Gasteiger partial charge in [0.15, 0.2) is 5.41 Å². The largest absolute Gasteiger partial charge is 0.491 e. The van der Waals surface area contributed by atoms with Crippen molar-refractivity contribution in [1.82, 2.24) is 5.01 Å². The number of anilines is 1. The molecule has 2 heterocycles. The maximum Gasteiger partial charge on any atom is 0.416 e. The second-order valence-electron chi connectivity index (χ2n) is 7.58. The van der Waals surface area contributed by atoms with Crippen LogP contribution in [0.3, 0.4) is 0 Å². The number of hydrogen-bond acceptors (Lipinski definition) is 5. The molecule has 2 aromatic rings. The van der Waals surface area contributed by atoms with Crippen molar-refractivity contribution in [3.63, 3.8) is 0 Å². The highest BCUT2D eigenvalue weighted by atomic mass is 19.4. The van der Waals surface area contributed by atoms with Gasteiger partial charge >= 0.3 is 24.4 Å². The Morgan fingerprint density at radius 2 is 1.65 bits per heavy atom. The molecule has 2 aromatic carbocycles. The zero-order valence-corrected chi connectivity index (χ0v) is 17.3. The van der Waals surface area contributed by atoms with Crippen LogP contribution in [0.1, 0.15) is 16.7 Å². The van der Waals surface area contributed by atoms with Gasteiger partial charge in [-0.2, -0.15) is 31.4 Å². The summed E-state index contributed by atoms with van der Waals surface area (Å²) in [5.41, 5.74) is -3.38. The molecule has 4 rings (SSSR count). The zero-order valence-electron chi connectivity index (χ0n) is 17.3. The summed E-state index contributed by atoms with van der Waals surface area (Å²) in [6, 6.07) is 5.43.